The van der Waals surface area contributed by atoms with E-state index in [1.54, 1.807) is 0 Å². The van der Waals surface area contributed by atoms with Gasteiger partial charge in [-0.2, -0.15) is 0 Å². The van der Waals surface area contributed by atoms with Gasteiger partial charge in [0.2, 0.25) is 5.91 Å². The fourth-order valence-electron chi connectivity index (χ4n) is 2.48. The van der Waals surface area contributed by atoms with Crippen LogP contribution >= 0.6 is 0 Å². The summed E-state index contributed by atoms with van der Waals surface area (Å²) in [6.45, 7) is 1.26. The van der Waals surface area contributed by atoms with E-state index in [0.29, 0.717) is 25.9 Å². The number of rotatable bonds is 4. The van der Waals surface area contributed by atoms with Crippen molar-refractivity contribution in [1.82, 2.24) is 19.6 Å². The standard InChI is InChI=1S/C12H18N4O3S/c17-12(9-1-2-9)16-5-3-10(4-6-16)15-20(18,19)11-7-13-8-14-11/h7-10,15H,1-6H2,(H,13,14). The van der Waals surface area contributed by atoms with Crippen LogP contribution in [0.4, 0.5) is 0 Å². The molecule has 7 nitrogen and oxygen atoms in total. The van der Waals surface area contributed by atoms with Crippen LogP contribution in [0, 0.1) is 5.92 Å². The van der Waals surface area contributed by atoms with Crippen molar-refractivity contribution in [3.8, 4) is 0 Å². The number of carbonyl (C=O) groups is 1. The number of aromatic amines is 1. The van der Waals surface area contributed by atoms with E-state index in [9.17, 15) is 13.2 Å². The molecule has 0 unspecified atom stereocenters. The van der Waals surface area contributed by atoms with Crippen LogP contribution in [0.2, 0.25) is 0 Å². The van der Waals surface area contributed by atoms with Crippen LogP contribution < -0.4 is 4.72 Å². The van der Waals surface area contributed by atoms with Crippen LogP contribution in [-0.2, 0) is 14.8 Å². The predicted molar refractivity (Wildman–Crippen MR) is 71.2 cm³/mol. The molecule has 2 fully saturated rings. The Hall–Kier alpha value is -1.41. The van der Waals surface area contributed by atoms with Gasteiger partial charge in [0.25, 0.3) is 10.0 Å². The summed E-state index contributed by atoms with van der Waals surface area (Å²) in [5.74, 6) is 0.466. The summed E-state index contributed by atoms with van der Waals surface area (Å²) in [6.07, 6.45) is 5.95. The summed E-state index contributed by atoms with van der Waals surface area (Å²) in [5.41, 5.74) is 0. The number of piperidine rings is 1. The normalized spacial score (nSPS) is 21.1. The minimum Gasteiger partial charge on any atom is -0.342 e. The Balaban J connectivity index is 1.55. The second kappa shape index (κ2) is 5.17. The summed E-state index contributed by atoms with van der Waals surface area (Å²) < 4.78 is 26.7. The number of imidazole rings is 1. The lowest BCUT2D eigenvalue weighted by molar-refractivity contribution is -0.133. The number of carbonyl (C=O) groups excluding carboxylic acids is 1. The average Bonchev–Trinajstić information content (AvgIpc) is 3.12. The molecule has 110 valence electrons. The van der Waals surface area contributed by atoms with Crippen molar-refractivity contribution < 1.29 is 13.2 Å². The maximum absolute atomic E-state index is 12.0. The van der Waals surface area contributed by atoms with Crippen LogP contribution in [0.15, 0.2) is 17.6 Å². The van der Waals surface area contributed by atoms with Crippen molar-refractivity contribution in [2.45, 2.75) is 36.8 Å². The van der Waals surface area contributed by atoms with Gasteiger partial charge in [0.05, 0.1) is 12.5 Å². The van der Waals surface area contributed by atoms with Gasteiger partial charge in [0, 0.05) is 25.0 Å². The van der Waals surface area contributed by atoms with Crippen LogP contribution in [0.25, 0.3) is 0 Å². The molecule has 2 N–H and O–H groups in total. The molecule has 0 bridgehead atoms. The smallest absolute Gasteiger partial charge is 0.257 e. The fourth-order valence-corrected chi connectivity index (χ4v) is 3.69. The second-order valence-electron chi connectivity index (χ2n) is 5.41. The third-order valence-electron chi connectivity index (χ3n) is 3.82. The second-order valence-corrected chi connectivity index (χ2v) is 7.09. The highest BCUT2D eigenvalue weighted by molar-refractivity contribution is 7.89. The van der Waals surface area contributed by atoms with Crippen molar-refractivity contribution in [3.05, 3.63) is 12.5 Å². The lowest BCUT2D eigenvalue weighted by atomic mass is 10.1. The minimum absolute atomic E-state index is 0.0778. The molecule has 1 saturated heterocycles. The number of aromatic nitrogens is 2. The molecule has 1 aliphatic carbocycles. The Morgan fingerprint density at radius 2 is 2.00 bits per heavy atom. The van der Waals surface area contributed by atoms with Crippen molar-refractivity contribution in [2.24, 2.45) is 5.92 Å². The van der Waals surface area contributed by atoms with Gasteiger partial charge in [-0.25, -0.2) is 18.1 Å². The molecular weight excluding hydrogens is 280 g/mol. The van der Waals surface area contributed by atoms with Crippen molar-refractivity contribution in [1.29, 1.82) is 0 Å². The molecule has 1 aliphatic heterocycles. The summed E-state index contributed by atoms with van der Waals surface area (Å²) in [6, 6.07) is -0.119. The molecule has 0 atom stereocenters. The highest BCUT2D eigenvalue weighted by atomic mass is 32.2. The first-order chi connectivity index (χ1) is 9.56. The topological polar surface area (TPSA) is 95.2 Å². The minimum atomic E-state index is -3.53. The van der Waals surface area contributed by atoms with Crippen molar-refractivity contribution in [2.75, 3.05) is 13.1 Å². The third-order valence-corrected chi connectivity index (χ3v) is 5.26. The molecule has 1 amide bonds. The highest BCUT2D eigenvalue weighted by Crippen LogP contribution is 2.31. The number of amides is 1. The van der Waals surface area contributed by atoms with Crippen molar-refractivity contribution in [3.63, 3.8) is 0 Å². The molecule has 20 heavy (non-hydrogen) atoms. The van der Waals surface area contributed by atoms with Gasteiger partial charge >= 0.3 is 0 Å². The molecular formula is C12H18N4O3S. The van der Waals surface area contributed by atoms with Gasteiger partial charge in [-0.05, 0) is 25.7 Å². The Labute approximate surface area is 117 Å². The number of likely N-dealkylation sites (tertiary alicyclic amines) is 1. The van der Waals surface area contributed by atoms with E-state index in [0.717, 1.165) is 12.8 Å². The monoisotopic (exact) mass is 298 g/mol. The highest BCUT2D eigenvalue weighted by Gasteiger charge is 2.35. The first-order valence-electron chi connectivity index (χ1n) is 6.86. The zero-order valence-electron chi connectivity index (χ0n) is 11.1. The summed E-state index contributed by atoms with van der Waals surface area (Å²) >= 11 is 0. The number of sulfonamides is 1. The van der Waals surface area contributed by atoms with E-state index in [1.807, 2.05) is 4.90 Å². The third kappa shape index (κ3) is 2.85. The molecule has 3 rings (SSSR count). The first-order valence-corrected chi connectivity index (χ1v) is 8.34. The Morgan fingerprint density at radius 3 is 2.55 bits per heavy atom. The lowest BCUT2D eigenvalue weighted by Crippen LogP contribution is -2.46. The number of nitrogens with one attached hydrogen (secondary N) is 2. The molecule has 1 aromatic heterocycles. The molecule has 2 aliphatic rings. The van der Waals surface area contributed by atoms with E-state index < -0.39 is 10.0 Å². The van der Waals surface area contributed by atoms with E-state index in [1.165, 1.54) is 12.5 Å². The maximum Gasteiger partial charge on any atom is 0.257 e. The van der Waals surface area contributed by atoms with E-state index in [-0.39, 0.29) is 22.9 Å². The van der Waals surface area contributed by atoms with Crippen LogP contribution in [0.1, 0.15) is 25.7 Å². The van der Waals surface area contributed by atoms with Gasteiger partial charge in [0.15, 0.2) is 5.03 Å². The van der Waals surface area contributed by atoms with Gasteiger partial charge < -0.3 is 9.88 Å². The molecule has 1 saturated carbocycles. The lowest BCUT2D eigenvalue weighted by Gasteiger charge is -2.32. The average molecular weight is 298 g/mol. The number of H-pyrrole nitrogens is 1. The number of nitrogens with zero attached hydrogens (tertiary/aromatic N) is 2. The van der Waals surface area contributed by atoms with Gasteiger partial charge in [-0.1, -0.05) is 0 Å². The van der Waals surface area contributed by atoms with Crippen LogP contribution in [-0.4, -0.2) is 48.3 Å². The Bertz CT molecular complexity index is 572. The number of hydrogen-bond donors (Lipinski definition) is 2. The molecule has 8 heteroatoms. The zero-order valence-corrected chi connectivity index (χ0v) is 11.9. The van der Waals surface area contributed by atoms with Gasteiger partial charge in [-0.3, -0.25) is 4.79 Å². The van der Waals surface area contributed by atoms with E-state index in [2.05, 4.69) is 14.7 Å². The Kier molecular flexibility index (Phi) is 3.51. The van der Waals surface area contributed by atoms with Crippen LogP contribution in [0.5, 0.6) is 0 Å². The summed E-state index contributed by atoms with van der Waals surface area (Å²) in [4.78, 5) is 20.1. The molecule has 2 heterocycles. The maximum atomic E-state index is 12.0. The quantitative estimate of drug-likeness (QED) is 0.823. The largest absolute Gasteiger partial charge is 0.342 e. The SMILES string of the molecule is O=C(C1CC1)N1CCC(NS(=O)(=O)c2cnc[nH]2)CC1. The molecule has 1 aromatic rings. The van der Waals surface area contributed by atoms with E-state index in [4.69, 9.17) is 0 Å². The number of hydrogen-bond acceptors (Lipinski definition) is 4. The van der Waals surface area contributed by atoms with Crippen LogP contribution in [0.3, 0.4) is 0 Å². The summed E-state index contributed by atoms with van der Waals surface area (Å²) in [7, 11) is -3.53. The predicted octanol–water partition coefficient (Wildman–Crippen LogP) is 0.0890. The molecule has 0 spiro atoms. The molecule has 0 radical (unpaired) electrons. The molecule has 0 aromatic carbocycles. The summed E-state index contributed by atoms with van der Waals surface area (Å²) in [5, 5.41) is 0.0778. The van der Waals surface area contributed by atoms with E-state index >= 15 is 0 Å². The first kappa shape index (κ1) is 13.6. The van der Waals surface area contributed by atoms with Gasteiger partial charge in [-0.15, -0.1) is 0 Å². The fraction of sp³-hybridized carbons (Fsp3) is 0.667. The zero-order chi connectivity index (χ0) is 14.2. The van der Waals surface area contributed by atoms with Gasteiger partial charge in [0.1, 0.15) is 0 Å². The Morgan fingerprint density at radius 1 is 1.30 bits per heavy atom. The van der Waals surface area contributed by atoms with Crippen molar-refractivity contribution >= 4 is 15.9 Å².